The molecule has 1 aromatic heterocycles. The van der Waals surface area contributed by atoms with Crippen molar-refractivity contribution in [3.05, 3.63) is 21.3 Å². The predicted molar refractivity (Wildman–Crippen MR) is 57.2 cm³/mol. The Bertz CT molecular complexity index is 227. The van der Waals surface area contributed by atoms with Crippen molar-refractivity contribution in [3.8, 4) is 0 Å². The van der Waals surface area contributed by atoms with Crippen molar-refractivity contribution in [1.29, 1.82) is 0 Å². The van der Waals surface area contributed by atoms with Crippen LogP contribution in [0.3, 0.4) is 0 Å². The van der Waals surface area contributed by atoms with Crippen LogP contribution in [0.4, 0.5) is 0 Å². The summed E-state index contributed by atoms with van der Waals surface area (Å²) in [4.78, 5) is 1.11. The smallest absolute Gasteiger partial charge is 0.0931 e. The second kappa shape index (κ2) is 5.78. The fraction of sp³-hybridized carbons (Fsp3) is 0.429. The Morgan fingerprint density at radius 3 is 2.58 bits per heavy atom. The van der Waals surface area contributed by atoms with Crippen LogP contribution in [-0.4, -0.2) is 6.54 Å². The lowest BCUT2D eigenvalue weighted by atomic mass is 10.2. The van der Waals surface area contributed by atoms with Gasteiger partial charge in [0, 0.05) is 10.9 Å². The Hall–Kier alpha value is 0.200. The number of hydrogen-bond acceptors (Lipinski definition) is 3. The molecule has 0 radical (unpaired) electrons. The SMILES string of the molecule is Cl.NCC[C@@H](N)c1ccc(Cl)s1. The average molecular weight is 227 g/mol. The molecule has 0 saturated carbocycles. The molecule has 1 atom stereocenters. The molecule has 5 heteroatoms. The minimum atomic E-state index is 0. The Labute approximate surface area is 87.3 Å². The minimum Gasteiger partial charge on any atom is -0.330 e. The summed E-state index contributed by atoms with van der Waals surface area (Å²) in [6.07, 6.45) is 0.816. The Balaban J connectivity index is 0.00000121. The largest absolute Gasteiger partial charge is 0.330 e. The van der Waals surface area contributed by atoms with Crippen molar-refractivity contribution in [2.24, 2.45) is 11.5 Å². The normalized spacial score (nSPS) is 12.2. The fourth-order valence-electron chi connectivity index (χ4n) is 0.849. The van der Waals surface area contributed by atoms with E-state index in [1.54, 1.807) is 0 Å². The first-order valence-corrected chi connectivity index (χ1v) is 4.64. The number of hydrogen-bond donors (Lipinski definition) is 2. The van der Waals surface area contributed by atoms with Crippen molar-refractivity contribution in [2.75, 3.05) is 6.54 Å². The summed E-state index contributed by atoms with van der Waals surface area (Å²) in [7, 11) is 0. The minimum absolute atomic E-state index is 0. The highest BCUT2D eigenvalue weighted by atomic mass is 35.5. The van der Waals surface area contributed by atoms with Gasteiger partial charge in [-0.1, -0.05) is 11.6 Å². The maximum atomic E-state index is 5.79. The van der Waals surface area contributed by atoms with Crippen molar-refractivity contribution in [2.45, 2.75) is 12.5 Å². The summed E-state index contributed by atoms with van der Waals surface area (Å²) in [5, 5.41) is 0. The first kappa shape index (κ1) is 12.2. The van der Waals surface area contributed by atoms with Gasteiger partial charge in [-0.05, 0) is 25.1 Å². The monoisotopic (exact) mass is 226 g/mol. The van der Waals surface area contributed by atoms with Gasteiger partial charge in [0.25, 0.3) is 0 Å². The highest BCUT2D eigenvalue weighted by Gasteiger charge is 2.06. The molecule has 0 aliphatic heterocycles. The van der Waals surface area contributed by atoms with Crippen LogP contribution in [0.2, 0.25) is 4.34 Å². The van der Waals surface area contributed by atoms with Crippen LogP contribution in [0.15, 0.2) is 12.1 Å². The molecule has 70 valence electrons. The van der Waals surface area contributed by atoms with E-state index >= 15 is 0 Å². The van der Waals surface area contributed by atoms with Gasteiger partial charge in [-0.2, -0.15) is 0 Å². The predicted octanol–water partition coefficient (Wildman–Crippen LogP) is 2.17. The van der Waals surface area contributed by atoms with Crippen LogP contribution < -0.4 is 11.5 Å². The summed E-state index contributed by atoms with van der Waals surface area (Å²) >= 11 is 7.26. The third-order valence-electron chi connectivity index (χ3n) is 1.44. The number of halogens is 2. The molecule has 0 bridgehead atoms. The standard InChI is InChI=1S/C7H11ClN2S.ClH/c8-7-2-1-6(11-7)5(10)3-4-9;/h1-2,5H,3-4,9-10H2;1H/t5-;/m1./s1. The molecule has 4 N–H and O–H groups in total. The number of rotatable bonds is 3. The van der Waals surface area contributed by atoms with Crippen LogP contribution in [0.25, 0.3) is 0 Å². The second-order valence-electron chi connectivity index (χ2n) is 2.33. The summed E-state index contributed by atoms with van der Waals surface area (Å²) < 4.78 is 0.785. The maximum Gasteiger partial charge on any atom is 0.0931 e. The highest BCUT2D eigenvalue weighted by Crippen LogP contribution is 2.26. The molecule has 12 heavy (non-hydrogen) atoms. The van der Waals surface area contributed by atoms with Gasteiger partial charge in [-0.15, -0.1) is 23.7 Å². The molecular formula is C7H12Cl2N2S. The first-order chi connectivity index (χ1) is 5.24. The highest BCUT2D eigenvalue weighted by molar-refractivity contribution is 7.16. The van der Waals surface area contributed by atoms with Crippen LogP contribution in [0, 0.1) is 0 Å². The lowest BCUT2D eigenvalue weighted by molar-refractivity contribution is 0.672. The lowest BCUT2D eigenvalue weighted by Crippen LogP contribution is -2.13. The van der Waals surface area contributed by atoms with E-state index in [-0.39, 0.29) is 18.4 Å². The van der Waals surface area contributed by atoms with Gasteiger partial charge < -0.3 is 11.5 Å². The fourth-order valence-corrected chi connectivity index (χ4v) is 1.95. The Morgan fingerprint density at radius 2 is 2.17 bits per heavy atom. The summed E-state index contributed by atoms with van der Waals surface area (Å²) in [6.45, 7) is 0.622. The topological polar surface area (TPSA) is 52.0 Å². The zero-order chi connectivity index (χ0) is 8.27. The van der Waals surface area contributed by atoms with Crippen LogP contribution in [0.5, 0.6) is 0 Å². The molecule has 1 aromatic rings. The third kappa shape index (κ3) is 3.29. The van der Waals surface area contributed by atoms with E-state index in [4.69, 9.17) is 23.1 Å². The summed E-state index contributed by atoms with van der Waals surface area (Å²) in [6, 6.07) is 3.86. The molecule has 0 unspecified atom stereocenters. The van der Waals surface area contributed by atoms with Gasteiger partial charge in [0.05, 0.1) is 4.34 Å². The molecule has 0 spiro atoms. The van der Waals surface area contributed by atoms with E-state index in [1.165, 1.54) is 11.3 Å². The molecule has 0 saturated heterocycles. The zero-order valence-electron chi connectivity index (χ0n) is 6.50. The van der Waals surface area contributed by atoms with Crippen molar-refractivity contribution in [1.82, 2.24) is 0 Å². The molecule has 1 heterocycles. The van der Waals surface area contributed by atoms with Gasteiger partial charge in [0.15, 0.2) is 0 Å². The Kier molecular flexibility index (Phi) is 5.88. The van der Waals surface area contributed by atoms with Gasteiger partial charge in [-0.3, -0.25) is 0 Å². The zero-order valence-corrected chi connectivity index (χ0v) is 8.88. The van der Waals surface area contributed by atoms with Gasteiger partial charge in [-0.25, -0.2) is 0 Å². The molecule has 0 amide bonds. The maximum absolute atomic E-state index is 5.79. The molecule has 0 aliphatic carbocycles. The van der Waals surface area contributed by atoms with Crippen LogP contribution in [0.1, 0.15) is 17.3 Å². The molecule has 1 rings (SSSR count). The third-order valence-corrected chi connectivity index (χ3v) is 2.80. The van der Waals surface area contributed by atoms with E-state index in [0.717, 1.165) is 15.6 Å². The number of thiophene rings is 1. The molecule has 0 aliphatic rings. The van der Waals surface area contributed by atoms with Gasteiger partial charge in [0.2, 0.25) is 0 Å². The summed E-state index contributed by atoms with van der Waals surface area (Å²) in [5.41, 5.74) is 11.2. The molecular weight excluding hydrogens is 215 g/mol. The number of nitrogens with two attached hydrogens (primary N) is 2. The van der Waals surface area contributed by atoms with Crippen LogP contribution in [-0.2, 0) is 0 Å². The molecule has 0 aromatic carbocycles. The molecule has 0 fully saturated rings. The van der Waals surface area contributed by atoms with Crippen molar-refractivity contribution < 1.29 is 0 Å². The second-order valence-corrected chi connectivity index (χ2v) is 4.07. The van der Waals surface area contributed by atoms with Gasteiger partial charge >= 0.3 is 0 Å². The van der Waals surface area contributed by atoms with Crippen molar-refractivity contribution in [3.63, 3.8) is 0 Å². The Morgan fingerprint density at radius 1 is 1.50 bits per heavy atom. The van der Waals surface area contributed by atoms with E-state index in [2.05, 4.69) is 0 Å². The van der Waals surface area contributed by atoms with Crippen molar-refractivity contribution >= 4 is 35.3 Å². The van der Waals surface area contributed by atoms with Gasteiger partial charge in [0.1, 0.15) is 0 Å². The average Bonchev–Trinajstić information content (AvgIpc) is 2.36. The van der Waals surface area contributed by atoms with Crippen LogP contribution >= 0.6 is 35.3 Å². The van der Waals surface area contributed by atoms with E-state index in [0.29, 0.717) is 6.54 Å². The molecule has 2 nitrogen and oxygen atoms in total. The summed E-state index contributed by atoms with van der Waals surface area (Å²) in [5.74, 6) is 0. The quantitative estimate of drug-likeness (QED) is 0.831. The van der Waals surface area contributed by atoms with E-state index < -0.39 is 0 Å². The lowest BCUT2D eigenvalue weighted by Gasteiger charge is -2.05. The first-order valence-electron chi connectivity index (χ1n) is 3.45. The van der Waals surface area contributed by atoms with E-state index in [9.17, 15) is 0 Å². The van der Waals surface area contributed by atoms with E-state index in [1.807, 2.05) is 12.1 Å².